The summed E-state index contributed by atoms with van der Waals surface area (Å²) in [4.78, 5) is 37.7. The summed E-state index contributed by atoms with van der Waals surface area (Å²) < 4.78 is 0. The summed E-state index contributed by atoms with van der Waals surface area (Å²) in [5, 5.41) is 12.0. The predicted molar refractivity (Wildman–Crippen MR) is 93.2 cm³/mol. The van der Waals surface area contributed by atoms with Gasteiger partial charge in [-0.1, -0.05) is 25.0 Å². The third-order valence-corrected chi connectivity index (χ3v) is 5.32. The highest BCUT2D eigenvalue weighted by molar-refractivity contribution is 5.97. The number of carboxylic acids is 1. The van der Waals surface area contributed by atoms with E-state index in [1.54, 1.807) is 31.2 Å². The minimum Gasteiger partial charge on any atom is -0.481 e. The lowest BCUT2D eigenvalue weighted by molar-refractivity contribution is -0.138. The Bertz CT molecular complexity index is 682. The van der Waals surface area contributed by atoms with Gasteiger partial charge >= 0.3 is 5.97 Å². The van der Waals surface area contributed by atoms with Crippen molar-refractivity contribution in [2.24, 2.45) is 5.92 Å². The molecule has 0 radical (unpaired) electrons. The Morgan fingerprint density at radius 2 is 2.00 bits per heavy atom. The number of carbonyl (C=O) groups is 3. The van der Waals surface area contributed by atoms with Gasteiger partial charge in [-0.15, -0.1) is 0 Å². The average Bonchev–Trinajstić information content (AvgIpc) is 3.23. The summed E-state index contributed by atoms with van der Waals surface area (Å²) in [6.45, 7) is 2.10. The standard InChI is InChI=1S/C19H24N2O4/c1-12(19(24)25)13-5-4-6-15(9-13)20-18(23)14-10-17(22)21(11-14)16-7-2-3-8-16/h4-6,9,12,14,16H,2-3,7-8,10-11H2,1H3,(H,20,23)(H,24,25)/t12-,14-/m1/s1. The summed E-state index contributed by atoms with van der Waals surface area (Å²) >= 11 is 0. The maximum atomic E-state index is 12.5. The van der Waals surface area contributed by atoms with Crippen molar-refractivity contribution in [2.45, 2.75) is 51.0 Å². The third-order valence-electron chi connectivity index (χ3n) is 5.32. The van der Waals surface area contributed by atoms with Gasteiger partial charge in [-0.3, -0.25) is 14.4 Å². The number of aliphatic carboxylic acids is 1. The zero-order valence-electron chi connectivity index (χ0n) is 14.4. The molecule has 2 N–H and O–H groups in total. The average molecular weight is 344 g/mol. The molecule has 1 aromatic rings. The molecule has 2 aliphatic rings. The fourth-order valence-electron chi connectivity index (χ4n) is 3.75. The summed E-state index contributed by atoms with van der Waals surface area (Å²) in [6, 6.07) is 7.18. The molecule has 1 saturated heterocycles. The fraction of sp³-hybridized carbons (Fsp3) is 0.526. The first-order valence-corrected chi connectivity index (χ1v) is 8.89. The van der Waals surface area contributed by atoms with Crippen molar-refractivity contribution in [2.75, 3.05) is 11.9 Å². The molecule has 25 heavy (non-hydrogen) atoms. The molecule has 3 rings (SSSR count). The van der Waals surface area contributed by atoms with Crippen molar-refractivity contribution in [3.63, 3.8) is 0 Å². The molecule has 1 saturated carbocycles. The van der Waals surface area contributed by atoms with Crippen LogP contribution in [0.3, 0.4) is 0 Å². The first kappa shape index (κ1) is 17.5. The quantitative estimate of drug-likeness (QED) is 0.859. The normalized spacial score (nSPS) is 22.2. The van der Waals surface area contributed by atoms with Gasteiger partial charge in [0.25, 0.3) is 0 Å². The van der Waals surface area contributed by atoms with Crippen molar-refractivity contribution >= 4 is 23.5 Å². The number of hydrogen-bond acceptors (Lipinski definition) is 3. The molecule has 1 heterocycles. The summed E-state index contributed by atoms with van der Waals surface area (Å²) in [5.74, 6) is -1.98. The second-order valence-electron chi connectivity index (χ2n) is 7.06. The summed E-state index contributed by atoms with van der Waals surface area (Å²) in [6.07, 6.45) is 4.64. The van der Waals surface area contributed by atoms with Crippen molar-refractivity contribution in [3.8, 4) is 0 Å². The maximum absolute atomic E-state index is 12.5. The SMILES string of the molecule is C[C@@H](C(=O)O)c1cccc(NC(=O)[C@@H]2CC(=O)N(C3CCCC3)C2)c1. The Labute approximate surface area is 147 Å². The number of likely N-dealkylation sites (tertiary alicyclic amines) is 1. The number of nitrogens with one attached hydrogen (secondary N) is 1. The fourth-order valence-corrected chi connectivity index (χ4v) is 3.75. The molecule has 2 amide bonds. The van der Waals surface area contributed by atoms with E-state index >= 15 is 0 Å². The van der Waals surface area contributed by atoms with Gasteiger partial charge in [0, 0.05) is 24.7 Å². The van der Waals surface area contributed by atoms with Gasteiger partial charge in [0.05, 0.1) is 11.8 Å². The molecule has 0 aromatic heterocycles. The highest BCUT2D eigenvalue weighted by atomic mass is 16.4. The Balaban J connectivity index is 1.64. The molecule has 6 nitrogen and oxygen atoms in total. The van der Waals surface area contributed by atoms with Crippen LogP contribution in [0.25, 0.3) is 0 Å². The minimum atomic E-state index is -0.905. The Morgan fingerprint density at radius 1 is 1.28 bits per heavy atom. The zero-order chi connectivity index (χ0) is 18.0. The highest BCUT2D eigenvalue weighted by Crippen LogP contribution is 2.30. The van der Waals surface area contributed by atoms with E-state index in [1.165, 1.54) is 0 Å². The number of amides is 2. The van der Waals surface area contributed by atoms with Gasteiger partial charge in [0.1, 0.15) is 0 Å². The number of carbonyl (C=O) groups excluding carboxylic acids is 2. The molecular weight excluding hydrogens is 320 g/mol. The summed E-state index contributed by atoms with van der Waals surface area (Å²) in [5.41, 5.74) is 1.21. The van der Waals surface area contributed by atoms with Crippen molar-refractivity contribution in [1.29, 1.82) is 0 Å². The van der Waals surface area contributed by atoms with E-state index in [4.69, 9.17) is 5.11 Å². The van der Waals surface area contributed by atoms with E-state index in [1.807, 2.05) is 4.90 Å². The molecule has 1 aliphatic heterocycles. The van der Waals surface area contributed by atoms with E-state index in [0.29, 0.717) is 23.8 Å². The second kappa shape index (κ2) is 7.25. The molecule has 0 unspecified atom stereocenters. The lowest BCUT2D eigenvalue weighted by Crippen LogP contribution is -2.35. The van der Waals surface area contributed by atoms with Crippen LogP contribution < -0.4 is 5.32 Å². The number of carboxylic acid groups (broad SMARTS) is 1. The molecule has 2 atom stereocenters. The number of nitrogens with zero attached hydrogens (tertiary/aromatic N) is 1. The van der Waals surface area contributed by atoms with Gasteiger partial charge in [-0.05, 0) is 37.5 Å². The number of rotatable bonds is 5. The topological polar surface area (TPSA) is 86.7 Å². The Kier molecular flexibility index (Phi) is 5.06. The van der Waals surface area contributed by atoms with Crippen LogP contribution in [0, 0.1) is 5.92 Å². The van der Waals surface area contributed by atoms with Crippen molar-refractivity contribution in [1.82, 2.24) is 4.90 Å². The van der Waals surface area contributed by atoms with Crippen LogP contribution in [0.2, 0.25) is 0 Å². The Hall–Kier alpha value is -2.37. The second-order valence-corrected chi connectivity index (χ2v) is 7.06. The van der Waals surface area contributed by atoms with Crippen LogP contribution in [-0.4, -0.2) is 40.4 Å². The minimum absolute atomic E-state index is 0.0697. The van der Waals surface area contributed by atoms with E-state index in [-0.39, 0.29) is 24.2 Å². The number of anilines is 1. The number of benzene rings is 1. The van der Waals surface area contributed by atoms with Gasteiger partial charge in [0.15, 0.2) is 0 Å². The molecule has 1 aliphatic carbocycles. The van der Waals surface area contributed by atoms with Crippen LogP contribution in [0.4, 0.5) is 5.69 Å². The molecular formula is C19H24N2O4. The van der Waals surface area contributed by atoms with E-state index in [2.05, 4.69) is 5.32 Å². The van der Waals surface area contributed by atoms with Gasteiger partial charge in [-0.2, -0.15) is 0 Å². The van der Waals surface area contributed by atoms with Crippen LogP contribution >= 0.6 is 0 Å². The zero-order valence-corrected chi connectivity index (χ0v) is 14.4. The van der Waals surface area contributed by atoms with E-state index in [0.717, 1.165) is 25.7 Å². The van der Waals surface area contributed by atoms with Crippen LogP contribution in [-0.2, 0) is 14.4 Å². The van der Waals surface area contributed by atoms with Crippen LogP contribution in [0.1, 0.15) is 50.5 Å². The van der Waals surface area contributed by atoms with Crippen LogP contribution in [0.5, 0.6) is 0 Å². The van der Waals surface area contributed by atoms with Crippen molar-refractivity contribution in [3.05, 3.63) is 29.8 Å². The maximum Gasteiger partial charge on any atom is 0.310 e. The van der Waals surface area contributed by atoms with Gasteiger partial charge in [0.2, 0.25) is 11.8 Å². The largest absolute Gasteiger partial charge is 0.481 e. The van der Waals surface area contributed by atoms with Crippen LogP contribution in [0.15, 0.2) is 24.3 Å². The van der Waals surface area contributed by atoms with Gasteiger partial charge < -0.3 is 15.3 Å². The third kappa shape index (κ3) is 3.83. The smallest absolute Gasteiger partial charge is 0.310 e. The molecule has 1 aromatic carbocycles. The molecule has 2 fully saturated rings. The summed E-state index contributed by atoms with van der Waals surface area (Å²) in [7, 11) is 0. The monoisotopic (exact) mass is 344 g/mol. The number of hydrogen-bond donors (Lipinski definition) is 2. The predicted octanol–water partition coefficient (Wildman–Crippen LogP) is 2.60. The Morgan fingerprint density at radius 3 is 2.68 bits per heavy atom. The highest BCUT2D eigenvalue weighted by Gasteiger charge is 2.38. The molecule has 0 bridgehead atoms. The first-order valence-electron chi connectivity index (χ1n) is 8.89. The van der Waals surface area contributed by atoms with E-state index < -0.39 is 11.9 Å². The molecule has 134 valence electrons. The molecule has 0 spiro atoms. The van der Waals surface area contributed by atoms with E-state index in [9.17, 15) is 14.4 Å². The first-order chi connectivity index (χ1) is 12.0. The van der Waals surface area contributed by atoms with Gasteiger partial charge in [-0.25, -0.2) is 0 Å². The lowest BCUT2D eigenvalue weighted by Gasteiger charge is -2.23. The lowest BCUT2D eigenvalue weighted by atomic mass is 10.0. The van der Waals surface area contributed by atoms with Crippen molar-refractivity contribution < 1.29 is 19.5 Å². The molecule has 6 heteroatoms.